The molecule has 0 radical (unpaired) electrons. The normalized spacial score (nSPS) is 10.8. The fraction of sp³-hybridized carbons (Fsp3) is 0.235. The van der Waals surface area contributed by atoms with Gasteiger partial charge in [-0.25, -0.2) is 4.39 Å². The number of thioether (sulfide) groups is 1. The SMILES string of the molecule is O=C(COc1c(CO)cc(F)cc1CO)Nc1ccc(SC(F)F)cc1. The molecule has 2 rings (SSSR count). The molecule has 0 heterocycles. The van der Waals surface area contributed by atoms with Gasteiger partial charge in [0.15, 0.2) is 6.61 Å². The zero-order valence-electron chi connectivity index (χ0n) is 13.4. The van der Waals surface area contributed by atoms with Crippen molar-refractivity contribution in [2.45, 2.75) is 23.9 Å². The van der Waals surface area contributed by atoms with E-state index in [0.29, 0.717) is 22.3 Å². The summed E-state index contributed by atoms with van der Waals surface area (Å²) in [6, 6.07) is 7.93. The Balaban J connectivity index is 1.99. The van der Waals surface area contributed by atoms with Crippen LogP contribution in [0.2, 0.25) is 0 Å². The Morgan fingerprint density at radius 3 is 2.19 bits per heavy atom. The smallest absolute Gasteiger partial charge is 0.288 e. The second-order valence-corrected chi connectivity index (χ2v) is 6.17. The Kier molecular flexibility index (Phi) is 7.31. The first-order chi connectivity index (χ1) is 12.4. The number of nitrogens with one attached hydrogen (secondary N) is 1. The molecule has 0 atom stereocenters. The van der Waals surface area contributed by atoms with Gasteiger partial charge < -0.3 is 20.3 Å². The summed E-state index contributed by atoms with van der Waals surface area (Å²) < 4.78 is 43.2. The van der Waals surface area contributed by atoms with E-state index in [1.165, 1.54) is 24.3 Å². The van der Waals surface area contributed by atoms with Crippen LogP contribution in [0.3, 0.4) is 0 Å². The molecule has 0 unspecified atom stereocenters. The molecule has 0 saturated heterocycles. The molecule has 3 N–H and O–H groups in total. The summed E-state index contributed by atoms with van der Waals surface area (Å²) in [5.41, 5.74) is 0.603. The van der Waals surface area contributed by atoms with Crippen LogP contribution in [0.15, 0.2) is 41.3 Å². The number of amides is 1. The maximum atomic E-state index is 13.4. The van der Waals surface area contributed by atoms with Crippen LogP contribution >= 0.6 is 11.8 Å². The van der Waals surface area contributed by atoms with Crippen LogP contribution in [0.4, 0.5) is 18.9 Å². The number of alkyl halides is 2. The molecule has 0 aliphatic heterocycles. The van der Waals surface area contributed by atoms with Crippen LogP contribution in [0, 0.1) is 5.82 Å². The van der Waals surface area contributed by atoms with Gasteiger partial charge in [-0.2, -0.15) is 8.78 Å². The first kappa shape index (κ1) is 20.1. The number of hydrogen-bond acceptors (Lipinski definition) is 5. The minimum atomic E-state index is -2.53. The quantitative estimate of drug-likeness (QED) is 0.607. The van der Waals surface area contributed by atoms with Gasteiger partial charge in [-0.1, -0.05) is 11.8 Å². The van der Waals surface area contributed by atoms with Crippen molar-refractivity contribution >= 4 is 23.4 Å². The van der Waals surface area contributed by atoms with Gasteiger partial charge in [0.1, 0.15) is 11.6 Å². The lowest BCUT2D eigenvalue weighted by Crippen LogP contribution is -2.21. The monoisotopic (exact) mass is 387 g/mol. The van der Waals surface area contributed by atoms with Crippen molar-refractivity contribution in [1.29, 1.82) is 0 Å². The average Bonchev–Trinajstić information content (AvgIpc) is 2.61. The van der Waals surface area contributed by atoms with Gasteiger partial charge in [0.05, 0.1) is 13.2 Å². The Bertz CT molecular complexity index is 731. The van der Waals surface area contributed by atoms with E-state index in [1.54, 1.807) is 0 Å². The Hall–Kier alpha value is -2.23. The number of carbonyl (C=O) groups is 1. The molecule has 140 valence electrons. The second-order valence-electron chi connectivity index (χ2n) is 5.11. The summed E-state index contributed by atoms with van der Waals surface area (Å²) >= 11 is 0.394. The van der Waals surface area contributed by atoms with Crippen LogP contribution in [0.25, 0.3) is 0 Å². The number of halogens is 3. The van der Waals surface area contributed by atoms with Crippen LogP contribution in [0.5, 0.6) is 5.75 Å². The molecule has 0 saturated carbocycles. The third kappa shape index (κ3) is 5.65. The number of hydrogen-bond donors (Lipinski definition) is 3. The summed E-state index contributed by atoms with van der Waals surface area (Å²) in [4.78, 5) is 12.3. The highest BCUT2D eigenvalue weighted by Gasteiger charge is 2.14. The van der Waals surface area contributed by atoms with Crippen molar-refractivity contribution < 1.29 is 32.9 Å². The van der Waals surface area contributed by atoms with Gasteiger partial charge >= 0.3 is 0 Å². The predicted molar refractivity (Wildman–Crippen MR) is 90.7 cm³/mol. The van der Waals surface area contributed by atoms with E-state index in [-0.39, 0.29) is 16.9 Å². The summed E-state index contributed by atoms with van der Waals surface area (Å²) in [6.45, 7) is -1.49. The minimum absolute atomic E-state index is 0.0373. The van der Waals surface area contributed by atoms with E-state index in [1.807, 2.05) is 0 Å². The van der Waals surface area contributed by atoms with E-state index >= 15 is 0 Å². The van der Waals surface area contributed by atoms with Crippen LogP contribution in [-0.4, -0.2) is 28.5 Å². The zero-order valence-corrected chi connectivity index (χ0v) is 14.2. The first-order valence-corrected chi connectivity index (χ1v) is 8.31. The summed E-state index contributed by atoms with van der Waals surface area (Å²) in [5, 5.41) is 21.1. The van der Waals surface area contributed by atoms with Gasteiger partial charge in [0.25, 0.3) is 11.7 Å². The number of aliphatic hydroxyl groups is 2. The lowest BCUT2D eigenvalue weighted by molar-refractivity contribution is -0.118. The van der Waals surface area contributed by atoms with Gasteiger partial charge in [-0.3, -0.25) is 4.79 Å². The molecule has 0 aromatic heterocycles. The number of anilines is 1. The fourth-order valence-corrected chi connectivity index (χ4v) is 2.69. The lowest BCUT2D eigenvalue weighted by atomic mass is 10.1. The molecule has 0 spiro atoms. The number of rotatable bonds is 8. The van der Waals surface area contributed by atoms with Crippen LogP contribution < -0.4 is 10.1 Å². The molecule has 0 aliphatic rings. The van der Waals surface area contributed by atoms with Crippen molar-refractivity contribution in [3.05, 3.63) is 53.3 Å². The van der Waals surface area contributed by atoms with E-state index in [4.69, 9.17) is 4.74 Å². The van der Waals surface area contributed by atoms with E-state index in [9.17, 15) is 28.2 Å². The highest BCUT2D eigenvalue weighted by Crippen LogP contribution is 2.27. The molecule has 2 aromatic rings. The molecule has 0 bridgehead atoms. The highest BCUT2D eigenvalue weighted by molar-refractivity contribution is 7.99. The van der Waals surface area contributed by atoms with Crippen molar-refractivity contribution in [3.8, 4) is 5.75 Å². The zero-order chi connectivity index (χ0) is 19.1. The van der Waals surface area contributed by atoms with Gasteiger partial charge in [-0.05, 0) is 36.4 Å². The Morgan fingerprint density at radius 1 is 1.12 bits per heavy atom. The molecule has 1 amide bonds. The van der Waals surface area contributed by atoms with Gasteiger partial charge in [-0.15, -0.1) is 0 Å². The van der Waals surface area contributed by atoms with Crippen LogP contribution in [-0.2, 0) is 18.0 Å². The number of aliphatic hydroxyl groups excluding tert-OH is 2. The summed E-state index contributed by atoms with van der Waals surface area (Å²) in [7, 11) is 0. The molecular formula is C17H16F3NO4S. The summed E-state index contributed by atoms with van der Waals surface area (Å²) in [6.07, 6.45) is 0. The van der Waals surface area contributed by atoms with Crippen molar-refractivity contribution in [3.63, 3.8) is 0 Å². The van der Waals surface area contributed by atoms with E-state index < -0.39 is 37.3 Å². The maximum absolute atomic E-state index is 13.4. The predicted octanol–water partition coefficient (Wildman–Crippen LogP) is 3.14. The van der Waals surface area contributed by atoms with Crippen molar-refractivity contribution in [2.24, 2.45) is 0 Å². The number of carbonyl (C=O) groups excluding carboxylic acids is 1. The van der Waals surface area contributed by atoms with E-state index in [2.05, 4.69) is 5.32 Å². The Labute approximate surface area is 151 Å². The van der Waals surface area contributed by atoms with Crippen LogP contribution in [0.1, 0.15) is 11.1 Å². The van der Waals surface area contributed by atoms with Crippen molar-refractivity contribution in [1.82, 2.24) is 0 Å². The molecular weight excluding hydrogens is 371 g/mol. The Morgan fingerprint density at radius 2 is 1.69 bits per heavy atom. The van der Waals surface area contributed by atoms with E-state index in [0.717, 1.165) is 12.1 Å². The largest absolute Gasteiger partial charge is 0.483 e. The second kappa shape index (κ2) is 9.46. The third-order valence-electron chi connectivity index (χ3n) is 3.26. The maximum Gasteiger partial charge on any atom is 0.288 e. The third-order valence-corrected chi connectivity index (χ3v) is 3.98. The standard InChI is InChI=1S/C17H16F3NO4S/c18-12-5-10(7-22)16(11(6-12)8-23)25-9-15(24)21-13-1-3-14(4-2-13)26-17(19)20/h1-6,17,22-23H,7-9H2,(H,21,24). The lowest BCUT2D eigenvalue weighted by Gasteiger charge is -2.14. The topological polar surface area (TPSA) is 78.8 Å². The summed E-state index contributed by atoms with van der Waals surface area (Å²) in [5.74, 6) is -3.68. The highest BCUT2D eigenvalue weighted by atomic mass is 32.2. The van der Waals surface area contributed by atoms with Crippen molar-refractivity contribution in [2.75, 3.05) is 11.9 Å². The molecule has 2 aromatic carbocycles. The molecule has 9 heteroatoms. The minimum Gasteiger partial charge on any atom is -0.483 e. The first-order valence-electron chi connectivity index (χ1n) is 7.43. The van der Waals surface area contributed by atoms with Gasteiger partial charge in [0, 0.05) is 21.7 Å². The number of benzene rings is 2. The fourth-order valence-electron chi connectivity index (χ4n) is 2.19. The molecule has 0 fully saturated rings. The molecule has 26 heavy (non-hydrogen) atoms. The molecule has 0 aliphatic carbocycles. The number of ether oxygens (including phenoxy) is 1. The van der Waals surface area contributed by atoms with Gasteiger partial charge in [0.2, 0.25) is 0 Å². The molecule has 5 nitrogen and oxygen atoms in total. The average molecular weight is 387 g/mol.